The summed E-state index contributed by atoms with van der Waals surface area (Å²) in [6.07, 6.45) is 3.36. The van der Waals surface area contributed by atoms with Gasteiger partial charge in [0.2, 0.25) is 0 Å². The molecule has 0 bridgehead atoms. The van der Waals surface area contributed by atoms with E-state index in [0.29, 0.717) is 24.8 Å². The first-order valence-corrected chi connectivity index (χ1v) is 7.27. The summed E-state index contributed by atoms with van der Waals surface area (Å²) >= 11 is 6.18. The van der Waals surface area contributed by atoms with Crippen LogP contribution < -0.4 is 0 Å². The van der Waals surface area contributed by atoms with Crippen LogP contribution in [0.2, 0.25) is 5.02 Å². The third kappa shape index (κ3) is 3.11. The number of hydrogen-bond acceptors (Lipinski definition) is 4. The molecular weight excluding hydrogens is 290 g/mol. The van der Waals surface area contributed by atoms with Crippen LogP contribution in [0.25, 0.3) is 5.69 Å². The quantitative estimate of drug-likeness (QED) is 0.934. The minimum absolute atomic E-state index is 0.0358. The molecule has 1 aliphatic heterocycles. The standard InChI is InChI=1S/C15H18ClN3O2/c1-18(14-9-21-10-15(14)20)7-11-6-17-19(8-11)13-5-3-2-4-12(13)16/h2-6,8,14-15,20H,7,9-10H2,1H3/t14-,15-/m0/s1. The second kappa shape index (κ2) is 6.15. The summed E-state index contributed by atoms with van der Waals surface area (Å²) in [5.41, 5.74) is 1.92. The first-order chi connectivity index (χ1) is 10.1. The topological polar surface area (TPSA) is 50.5 Å². The van der Waals surface area contributed by atoms with E-state index in [0.717, 1.165) is 11.3 Å². The van der Waals surface area contributed by atoms with Crippen molar-refractivity contribution in [2.75, 3.05) is 20.3 Å². The molecule has 0 unspecified atom stereocenters. The zero-order valence-electron chi connectivity index (χ0n) is 11.8. The van der Waals surface area contributed by atoms with Crippen molar-refractivity contribution in [1.82, 2.24) is 14.7 Å². The van der Waals surface area contributed by atoms with Gasteiger partial charge < -0.3 is 9.84 Å². The van der Waals surface area contributed by atoms with Gasteiger partial charge in [-0.25, -0.2) is 4.68 Å². The van der Waals surface area contributed by atoms with Gasteiger partial charge in [-0.1, -0.05) is 23.7 Å². The number of likely N-dealkylation sites (N-methyl/N-ethyl adjacent to an activating group) is 1. The number of hydrogen-bond donors (Lipinski definition) is 1. The molecule has 3 rings (SSSR count). The molecule has 2 aromatic rings. The van der Waals surface area contributed by atoms with E-state index in [9.17, 15) is 5.11 Å². The van der Waals surface area contributed by atoms with E-state index in [1.165, 1.54) is 0 Å². The van der Waals surface area contributed by atoms with Crippen LogP contribution in [0, 0.1) is 0 Å². The summed E-state index contributed by atoms with van der Waals surface area (Å²) in [7, 11) is 1.98. The molecule has 112 valence electrons. The molecule has 0 spiro atoms. The van der Waals surface area contributed by atoms with E-state index >= 15 is 0 Å². The van der Waals surface area contributed by atoms with Crippen LogP contribution in [0.15, 0.2) is 36.7 Å². The minimum Gasteiger partial charge on any atom is -0.389 e. The Morgan fingerprint density at radius 1 is 1.43 bits per heavy atom. The number of nitrogens with zero attached hydrogens (tertiary/aromatic N) is 3. The van der Waals surface area contributed by atoms with Crippen LogP contribution in [0.5, 0.6) is 0 Å². The molecule has 0 aliphatic carbocycles. The van der Waals surface area contributed by atoms with Crippen LogP contribution >= 0.6 is 11.6 Å². The maximum Gasteiger partial charge on any atom is 0.0950 e. The average molecular weight is 308 g/mol. The van der Waals surface area contributed by atoms with Crippen LogP contribution in [0.3, 0.4) is 0 Å². The van der Waals surface area contributed by atoms with E-state index < -0.39 is 6.10 Å². The molecule has 2 atom stereocenters. The summed E-state index contributed by atoms with van der Waals surface area (Å²) in [4.78, 5) is 2.09. The summed E-state index contributed by atoms with van der Waals surface area (Å²) in [6, 6.07) is 7.63. The van der Waals surface area contributed by atoms with Crippen molar-refractivity contribution in [3.05, 3.63) is 47.2 Å². The van der Waals surface area contributed by atoms with Crippen molar-refractivity contribution in [2.45, 2.75) is 18.7 Å². The van der Waals surface area contributed by atoms with Crippen molar-refractivity contribution in [1.29, 1.82) is 0 Å². The van der Waals surface area contributed by atoms with Gasteiger partial charge in [0, 0.05) is 18.3 Å². The van der Waals surface area contributed by atoms with Crippen LogP contribution in [-0.4, -0.2) is 52.2 Å². The van der Waals surface area contributed by atoms with Gasteiger partial charge in [-0.05, 0) is 19.2 Å². The number of aliphatic hydroxyl groups is 1. The normalized spacial score (nSPS) is 22.1. The summed E-state index contributed by atoms with van der Waals surface area (Å²) in [6.45, 7) is 1.68. The summed E-state index contributed by atoms with van der Waals surface area (Å²) in [5.74, 6) is 0. The lowest BCUT2D eigenvalue weighted by atomic mass is 10.2. The first-order valence-electron chi connectivity index (χ1n) is 6.89. The Labute approximate surface area is 128 Å². The predicted octanol–water partition coefficient (Wildman–Crippen LogP) is 1.72. The van der Waals surface area contributed by atoms with Gasteiger partial charge in [-0.2, -0.15) is 5.10 Å². The largest absolute Gasteiger partial charge is 0.389 e. The Hall–Kier alpha value is -1.40. The minimum atomic E-state index is -0.423. The molecule has 6 heteroatoms. The lowest BCUT2D eigenvalue weighted by Crippen LogP contribution is -2.39. The highest BCUT2D eigenvalue weighted by molar-refractivity contribution is 6.32. The van der Waals surface area contributed by atoms with E-state index in [1.807, 2.05) is 43.7 Å². The van der Waals surface area contributed by atoms with Gasteiger partial charge >= 0.3 is 0 Å². The highest BCUT2D eigenvalue weighted by Crippen LogP contribution is 2.20. The van der Waals surface area contributed by atoms with Crippen LogP contribution in [0.4, 0.5) is 0 Å². The third-order valence-corrected chi connectivity index (χ3v) is 4.07. The van der Waals surface area contributed by atoms with Crippen LogP contribution in [-0.2, 0) is 11.3 Å². The van der Waals surface area contributed by atoms with Crippen LogP contribution in [0.1, 0.15) is 5.56 Å². The Kier molecular flexibility index (Phi) is 4.26. The fraction of sp³-hybridized carbons (Fsp3) is 0.400. The molecule has 0 amide bonds. The number of aliphatic hydroxyl groups excluding tert-OH is 1. The number of benzene rings is 1. The van der Waals surface area contributed by atoms with Gasteiger partial charge in [-0.3, -0.25) is 4.90 Å². The van der Waals surface area contributed by atoms with Gasteiger partial charge in [0.25, 0.3) is 0 Å². The summed E-state index contributed by atoms with van der Waals surface area (Å²) < 4.78 is 7.06. The highest BCUT2D eigenvalue weighted by atomic mass is 35.5. The molecule has 0 saturated carbocycles. The number of ether oxygens (including phenoxy) is 1. The molecule has 1 fully saturated rings. The monoisotopic (exact) mass is 307 g/mol. The Balaban J connectivity index is 1.72. The van der Waals surface area contributed by atoms with Crippen molar-refractivity contribution in [3.63, 3.8) is 0 Å². The lowest BCUT2D eigenvalue weighted by Gasteiger charge is -2.24. The summed E-state index contributed by atoms with van der Waals surface area (Å²) in [5, 5.41) is 14.9. The Morgan fingerprint density at radius 2 is 2.24 bits per heavy atom. The van der Waals surface area contributed by atoms with Crippen molar-refractivity contribution in [3.8, 4) is 5.69 Å². The zero-order chi connectivity index (χ0) is 14.8. The maximum absolute atomic E-state index is 9.85. The van der Waals surface area contributed by atoms with E-state index in [2.05, 4.69) is 10.00 Å². The molecule has 1 N–H and O–H groups in total. The van der Waals surface area contributed by atoms with Crippen molar-refractivity contribution >= 4 is 11.6 Å². The SMILES string of the molecule is CN(Cc1cnn(-c2ccccc2Cl)c1)[C@H]1COC[C@@H]1O. The first kappa shape index (κ1) is 14.5. The Bertz CT molecular complexity index is 616. The molecule has 21 heavy (non-hydrogen) atoms. The molecule has 1 aromatic carbocycles. The van der Waals surface area contributed by atoms with E-state index in [4.69, 9.17) is 16.3 Å². The fourth-order valence-electron chi connectivity index (χ4n) is 2.57. The van der Waals surface area contributed by atoms with Gasteiger partial charge in [0.05, 0.1) is 42.3 Å². The number of aromatic nitrogens is 2. The van der Waals surface area contributed by atoms with E-state index in [-0.39, 0.29) is 6.04 Å². The van der Waals surface area contributed by atoms with Crippen molar-refractivity contribution in [2.24, 2.45) is 0 Å². The molecule has 1 aromatic heterocycles. The molecular formula is C15H18ClN3O2. The van der Waals surface area contributed by atoms with E-state index in [1.54, 1.807) is 4.68 Å². The van der Waals surface area contributed by atoms with Gasteiger partial charge in [0.1, 0.15) is 0 Å². The van der Waals surface area contributed by atoms with Gasteiger partial charge in [0.15, 0.2) is 0 Å². The molecule has 0 radical (unpaired) electrons. The highest BCUT2D eigenvalue weighted by Gasteiger charge is 2.29. The second-order valence-electron chi connectivity index (χ2n) is 5.33. The molecule has 1 aliphatic rings. The number of rotatable bonds is 4. The Morgan fingerprint density at radius 3 is 2.95 bits per heavy atom. The smallest absolute Gasteiger partial charge is 0.0950 e. The maximum atomic E-state index is 9.85. The van der Waals surface area contributed by atoms with Gasteiger partial charge in [-0.15, -0.1) is 0 Å². The second-order valence-corrected chi connectivity index (χ2v) is 5.74. The predicted molar refractivity (Wildman–Crippen MR) is 80.7 cm³/mol. The van der Waals surface area contributed by atoms with Crippen molar-refractivity contribution < 1.29 is 9.84 Å². The molecule has 5 nitrogen and oxygen atoms in total. The molecule has 1 saturated heterocycles. The number of halogens is 1. The molecule has 2 heterocycles. The number of para-hydroxylation sites is 1. The lowest BCUT2D eigenvalue weighted by molar-refractivity contribution is 0.0925. The average Bonchev–Trinajstić information content (AvgIpc) is 3.08. The third-order valence-electron chi connectivity index (χ3n) is 3.75. The fourth-order valence-corrected chi connectivity index (χ4v) is 2.79. The zero-order valence-corrected chi connectivity index (χ0v) is 12.6.